The first kappa shape index (κ1) is 14.2. The Morgan fingerprint density at radius 2 is 2.06 bits per heavy atom. The number of halogens is 1. The molecular formula is C12H17IN2O2. The summed E-state index contributed by atoms with van der Waals surface area (Å²) in [6.07, 6.45) is 3.25. The number of para-hydroxylation sites is 1. The molecule has 1 aromatic carbocycles. The second-order valence-electron chi connectivity index (χ2n) is 3.66. The molecule has 0 aromatic heterocycles. The standard InChI is InChI=1S/C12H17IN2O2/c13-10-6-3-4-7-11(10)17-9-5-1-2-8-12(16)15-14/h3-4,6-7H,1-2,5,8-9,14H2,(H,15,16). The minimum Gasteiger partial charge on any atom is -0.492 e. The Bertz CT molecular complexity index is 358. The molecule has 0 saturated carbocycles. The fraction of sp³-hybridized carbons (Fsp3) is 0.417. The molecule has 0 saturated heterocycles. The molecule has 0 atom stereocenters. The summed E-state index contributed by atoms with van der Waals surface area (Å²) in [6.45, 7) is 0.685. The summed E-state index contributed by atoms with van der Waals surface area (Å²) in [7, 11) is 0. The maximum absolute atomic E-state index is 10.8. The van der Waals surface area contributed by atoms with Crippen LogP contribution in [-0.2, 0) is 4.79 Å². The second-order valence-corrected chi connectivity index (χ2v) is 4.82. The predicted molar refractivity (Wildman–Crippen MR) is 75.5 cm³/mol. The number of nitrogens with one attached hydrogen (secondary N) is 1. The Balaban J connectivity index is 2.09. The molecule has 4 nitrogen and oxygen atoms in total. The first-order valence-corrected chi connectivity index (χ1v) is 6.68. The lowest BCUT2D eigenvalue weighted by atomic mass is 10.2. The normalized spacial score (nSPS) is 10.0. The summed E-state index contributed by atoms with van der Waals surface area (Å²) < 4.78 is 6.76. The van der Waals surface area contributed by atoms with E-state index in [-0.39, 0.29) is 5.91 Å². The molecule has 0 aliphatic carbocycles. The van der Waals surface area contributed by atoms with Crippen LogP contribution in [0.25, 0.3) is 0 Å². The van der Waals surface area contributed by atoms with Gasteiger partial charge in [0.25, 0.3) is 0 Å². The van der Waals surface area contributed by atoms with Crippen molar-refractivity contribution in [1.29, 1.82) is 0 Å². The summed E-state index contributed by atoms with van der Waals surface area (Å²) in [4.78, 5) is 10.8. The van der Waals surface area contributed by atoms with E-state index in [0.29, 0.717) is 13.0 Å². The number of benzene rings is 1. The lowest BCUT2D eigenvalue weighted by Crippen LogP contribution is -2.29. The molecule has 0 aliphatic rings. The predicted octanol–water partition coefficient (Wildman–Crippen LogP) is 2.22. The van der Waals surface area contributed by atoms with Crippen LogP contribution in [-0.4, -0.2) is 12.5 Å². The van der Waals surface area contributed by atoms with E-state index in [1.165, 1.54) is 0 Å². The van der Waals surface area contributed by atoms with Crippen molar-refractivity contribution in [2.24, 2.45) is 5.84 Å². The Morgan fingerprint density at radius 3 is 2.76 bits per heavy atom. The topological polar surface area (TPSA) is 64.3 Å². The van der Waals surface area contributed by atoms with Crippen LogP contribution in [0.5, 0.6) is 5.75 Å². The highest BCUT2D eigenvalue weighted by molar-refractivity contribution is 14.1. The zero-order valence-corrected chi connectivity index (χ0v) is 11.8. The van der Waals surface area contributed by atoms with Gasteiger partial charge in [0.1, 0.15) is 5.75 Å². The van der Waals surface area contributed by atoms with Gasteiger partial charge in [-0.15, -0.1) is 0 Å². The molecule has 0 spiro atoms. The molecule has 1 amide bonds. The van der Waals surface area contributed by atoms with Gasteiger partial charge in [0.2, 0.25) is 5.91 Å². The fourth-order valence-corrected chi connectivity index (χ4v) is 1.92. The summed E-state index contributed by atoms with van der Waals surface area (Å²) in [5.41, 5.74) is 2.12. The van der Waals surface area contributed by atoms with Crippen LogP contribution in [0, 0.1) is 3.57 Å². The highest BCUT2D eigenvalue weighted by Gasteiger charge is 2.00. The van der Waals surface area contributed by atoms with Crippen LogP contribution in [0.3, 0.4) is 0 Å². The van der Waals surface area contributed by atoms with Gasteiger partial charge in [-0.2, -0.15) is 0 Å². The number of nitrogens with two attached hydrogens (primary N) is 1. The van der Waals surface area contributed by atoms with Crippen molar-refractivity contribution in [2.75, 3.05) is 6.61 Å². The Labute approximate surface area is 115 Å². The maximum Gasteiger partial charge on any atom is 0.233 e. The third-order valence-electron chi connectivity index (χ3n) is 2.30. The van der Waals surface area contributed by atoms with Crippen LogP contribution in [0.1, 0.15) is 25.7 Å². The molecule has 0 fully saturated rings. The van der Waals surface area contributed by atoms with E-state index in [1.807, 2.05) is 24.3 Å². The highest BCUT2D eigenvalue weighted by Crippen LogP contribution is 2.19. The molecule has 3 N–H and O–H groups in total. The Hall–Kier alpha value is -0.820. The monoisotopic (exact) mass is 348 g/mol. The number of carbonyl (C=O) groups excluding carboxylic acids is 1. The average Bonchev–Trinajstić information content (AvgIpc) is 2.35. The Morgan fingerprint density at radius 1 is 1.29 bits per heavy atom. The summed E-state index contributed by atoms with van der Waals surface area (Å²) in [5, 5.41) is 0. The second kappa shape index (κ2) is 8.30. The molecule has 0 radical (unpaired) electrons. The molecule has 0 unspecified atom stereocenters. The van der Waals surface area contributed by atoms with Gasteiger partial charge in [-0.25, -0.2) is 5.84 Å². The van der Waals surface area contributed by atoms with Crippen LogP contribution >= 0.6 is 22.6 Å². The molecule has 1 rings (SSSR count). The summed E-state index contributed by atoms with van der Waals surface area (Å²) in [6, 6.07) is 7.92. The summed E-state index contributed by atoms with van der Waals surface area (Å²) in [5.74, 6) is 5.80. The van der Waals surface area contributed by atoms with E-state index in [9.17, 15) is 4.79 Å². The van der Waals surface area contributed by atoms with Crippen LogP contribution in [0.15, 0.2) is 24.3 Å². The lowest BCUT2D eigenvalue weighted by Gasteiger charge is -2.07. The largest absolute Gasteiger partial charge is 0.492 e. The van der Waals surface area contributed by atoms with E-state index in [1.54, 1.807) is 0 Å². The number of hydrazine groups is 1. The number of carbonyl (C=O) groups is 1. The molecule has 0 bridgehead atoms. The minimum absolute atomic E-state index is 0.108. The first-order chi connectivity index (χ1) is 8.24. The third kappa shape index (κ3) is 5.88. The van der Waals surface area contributed by atoms with Gasteiger partial charge in [0.05, 0.1) is 10.2 Å². The van der Waals surface area contributed by atoms with Gasteiger partial charge in [0.15, 0.2) is 0 Å². The van der Waals surface area contributed by atoms with Gasteiger partial charge in [-0.1, -0.05) is 12.1 Å². The van der Waals surface area contributed by atoms with Crippen molar-refractivity contribution in [2.45, 2.75) is 25.7 Å². The summed E-state index contributed by atoms with van der Waals surface area (Å²) >= 11 is 2.25. The van der Waals surface area contributed by atoms with Gasteiger partial charge < -0.3 is 4.74 Å². The quantitative estimate of drug-likeness (QED) is 0.261. The van der Waals surface area contributed by atoms with Gasteiger partial charge >= 0.3 is 0 Å². The van der Waals surface area contributed by atoms with Crippen LogP contribution in [0.2, 0.25) is 0 Å². The average molecular weight is 348 g/mol. The van der Waals surface area contributed by atoms with Gasteiger partial charge in [0, 0.05) is 6.42 Å². The number of unbranched alkanes of at least 4 members (excludes halogenated alkanes) is 2. The first-order valence-electron chi connectivity index (χ1n) is 5.61. The van der Waals surface area contributed by atoms with Crippen molar-refractivity contribution >= 4 is 28.5 Å². The molecule has 0 heterocycles. The number of amides is 1. The number of ether oxygens (including phenoxy) is 1. The van der Waals surface area contributed by atoms with Crippen molar-refractivity contribution in [1.82, 2.24) is 5.43 Å². The zero-order valence-electron chi connectivity index (χ0n) is 9.62. The fourth-order valence-electron chi connectivity index (χ4n) is 1.38. The van der Waals surface area contributed by atoms with Crippen LogP contribution < -0.4 is 16.0 Å². The highest BCUT2D eigenvalue weighted by atomic mass is 127. The molecular weight excluding hydrogens is 331 g/mol. The SMILES string of the molecule is NNC(=O)CCCCCOc1ccccc1I. The number of rotatable bonds is 7. The van der Waals surface area contributed by atoms with Crippen molar-refractivity contribution in [3.63, 3.8) is 0 Å². The maximum atomic E-state index is 10.8. The van der Waals surface area contributed by atoms with E-state index in [2.05, 4.69) is 28.0 Å². The number of hydrogen-bond donors (Lipinski definition) is 2. The smallest absolute Gasteiger partial charge is 0.233 e. The van der Waals surface area contributed by atoms with Crippen LogP contribution in [0.4, 0.5) is 0 Å². The lowest BCUT2D eigenvalue weighted by molar-refractivity contribution is -0.121. The third-order valence-corrected chi connectivity index (χ3v) is 3.19. The van der Waals surface area contributed by atoms with Gasteiger partial charge in [-0.05, 0) is 54.0 Å². The van der Waals surface area contributed by atoms with Crippen molar-refractivity contribution < 1.29 is 9.53 Å². The van der Waals surface area contributed by atoms with E-state index in [0.717, 1.165) is 28.6 Å². The Kier molecular flexibility index (Phi) is 6.95. The molecule has 94 valence electrons. The number of hydrogen-bond acceptors (Lipinski definition) is 3. The molecule has 0 aliphatic heterocycles. The van der Waals surface area contributed by atoms with Crippen molar-refractivity contribution in [3.8, 4) is 5.75 Å². The van der Waals surface area contributed by atoms with E-state index in [4.69, 9.17) is 10.6 Å². The van der Waals surface area contributed by atoms with E-state index < -0.39 is 0 Å². The molecule has 1 aromatic rings. The zero-order chi connectivity index (χ0) is 12.5. The van der Waals surface area contributed by atoms with Crippen molar-refractivity contribution in [3.05, 3.63) is 27.8 Å². The minimum atomic E-state index is -0.108. The molecule has 17 heavy (non-hydrogen) atoms. The van der Waals surface area contributed by atoms with E-state index >= 15 is 0 Å². The van der Waals surface area contributed by atoms with Gasteiger partial charge in [-0.3, -0.25) is 10.2 Å². The molecule has 5 heteroatoms.